The molecule has 0 aliphatic heterocycles. The first-order valence-corrected chi connectivity index (χ1v) is 5.20. The van der Waals surface area contributed by atoms with Crippen LogP contribution in [0, 0.1) is 0 Å². The summed E-state index contributed by atoms with van der Waals surface area (Å²) in [5.74, 6) is -0.343. The SMILES string of the molecule is CCCOCc1ncc(C(=O)OC)s1. The minimum absolute atomic E-state index is 0.343. The van der Waals surface area contributed by atoms with Gasteiger partial charge in [-0.2, -0.15) is 0 Å². The van der Waals surface area contributed by atoms with Crippen molar-refractivity contribution < 1.29 is 14.3 Å². The summed E-state index contributed by atoms with van der Waals surface area (Å²) in [4.78, 5) is 15.6. The quantitative estimate of drug-likeness (QED) is 0.555. The van der Waals surface area contributed by atoms with E-state index in [1.165, 1.54) is 24.6 Å². The van der Waals surface area contributed by atoms with Crippen LogP contribution in [-0.2, 0) is 16.1 Å². The number of carbonyl (C=O) groups excluding carboxylic acids is 1. The fourth-order valence-electron chi connectivity index (χ4n) is 0.876. The van der Waals surface area contributed by atoms with Gasteiger partial charge in [-0.25, -0.2) is 9.78 Å². The maximum atomic E-state index is 11.1. The number of esters is 1. The van der Waals surface area contributed by atoms with Crippen molar-refractivity contribution >= 4 is 17.3 Å². The number of aromatic nitrogens is 1. The van der Waals surface area contributed by atoms with Gasteiger partial charge in [-0.1, -0.05) is 6.92 Å². The molecule has 0 aliphatic rings. The zero-order chi connectivity index (χ0) is 10.4. The van der Waals surface area contributed by atoms with Gasteiger partial charge in [0.1, 0.15) is 9.88 Å². The van der Waals surface area contributed by atoms with E-state index in [-0.39, 0.29) is 5.97 Å². The van der Waals surface area contributed by atoms with Gasteiger partial charge in [0, 0.05) is 6.61 Å². The molecule has 0 aromatic carbocycles. The van der Waals surface area contributed by atoms with Crippen LogP contribution >= 0.6 is 11.3 Å². The van der Waals surface area contributed by atoms with Crippen molar-refractivity contribution in [1.82, 2.24) is 4.98 Å². The monoisotopic (exact) mass is 215 g/mol. The molecule has 0 fully saturated rings. The van der Waals surface area contributed by atoms with Crippen molar-refractivity contribution in [2.24, 2.45) is 0 Å². The van der Waals surface area contributed by atoms with E-state index in [9.17, 15) is 4.79 Å². The molecule has 78 valence electrons. The predicted molar refractivity (Wildman–Crippen MR) is 53.4 cm³/mol. The van der Waals surface area contributed by atoms with Crippen LogP contribution in [0.3, 0.4) is 0 Å². The van der Waals surface area contributed by atoms with E-state index >= 15 is 0 Å². The molecule has 1 aromatic heterocycles. The molecule has 0 radical (unpaired) electrons. The molecule has 0 unspecified atom stereocenters. The molecule has 0 bridgehead atoms. The number of hydrogen-bond donors (Lipinski definition) is 0. The molecule has 1 aromatic rings. The number of carbonyl (C=O) groups is 1. The van der Waals surface area contributed by atoms with E-state index in [1.807, 2.05) is 6.92 Å². The second-order valence-corrected chi connectivity index (χ2v) is 3.78. The van der Waals surface area contributed by atoms with Crippen LogP contribution in [0.4, 0.5) is 0 Å². The van der Waals surface area contributed by atoms with Gasteiger partial charge >= 0.3 is 5.97 Å². The Morgan fingerprint density at radius 3 is 3.07 bits per heavy atom. The smallest absolute Gasteiger partial charge is 0.349 e. The molecular formula is C9H13NO3S. The van der Waals surface area contributed by atoms with Crippen molar-refractivity contribution in [2.75, 3.05) is 13.7 Å². The Hall–Kier alpha value is -0.940. The van der Waals surface area contributed by atoms with E-state index in [1.54, 1.807) is 0 Å². The van der Waals surface area contributed by atoms with Crippen molar-refractivity contribution in [3.63, 3.8) is 0 Å². The average Bonchev–Trinajstić information content (AvgIpc) is 2.66. The number of nitrogens with zero attached hydrogens (tertiary/aromatic N) is 1. The Balaban J connectivity index is 2.46. The van der Waals surface area contributed by atoms with Crippen molar-refractivity contribution in [1.29, 1.82) is 0 Å². The van der Waals surface area contributed by atoms with Gasteiger partial charge in [-0.05, 0) is 6.42 Å². The largest absolute Gasteiger partial charge is 0.465 e. The van der Waals surface area contributed by atoms with Crippen LogP contribution < -0.4 is 0 Å². The summed E-state index contributed by atoms with van der Waals surface area (Å²) in [5.41, 5.74) is 0. The first-order chi connectivity index (χ1) is 6.77. The maximum absolute atomic E-state index is 11.1. The average molecular weight is 215 g/mol. The van der Waals surface area contributed by atoms with Gasteiger partial charge in [-0.15, -0.1) is 11.3 Å². The molecule has 0 saturated heterocycles. The Bertz CT molecular complexity index is 298. The molecule has 1 rings (SSSR count). The van der Waals surface area contributed by atoms with Crippen LogP contribution in [0.15, 0.2) is 6.20 Å². The second kappa shape index (κ2) is 5.72. The molecule has 0 aliphatic carbocycles. The lowest BCUT2D eigenvalue weighted by molar-refractivity contribution is 0.0606. The highest BCUT2D eigenvalue weighted by Crippen LogP contribution is 2.14. The van der Waals surface area contributed by atoms with Gasteiger partial charge in [0.2, 0.25) is 0 Å². The lowest BCUT2D eigenvalue weighted by Gasteiger charge is -1.97. The highest BCUT2D eigenvalue weighted by Gasteiger charge is 2.09. The first-order valence-electron chi connectivity index (χ1n) is 4.38. The highest BCUT2D eigenvalue weighted by atomic mass is 32.1. The summed E-state index contributed by atoms with van der Waals surface area (Å²) < 4.78 is 9.86. The predicted octanol–water partition coefficient (Wildman–Crippen LogP) is 1.86. The van der Waals surface area contributed by atoms with Crippen LogP contribution in [-0.4, -0.2) is 24.7 Å². The third-order valence-electron chi connectivity index (χ3n) is 1.51. The number of thiazole rings is 1. The lowest BCUT2D eigenvalue weighted by Crippen LogP contribution is -1.96. The Morgan fingerprint density at radius 2 is 2.43 bits per heavy atom. The number of methoxy groups -OCH3 is 1. The molecule has 0 amide bonds. The molecule has 0 spiro atoms. The van der Waals surface area contributed by atoms with E-state index < -0.39 is 0 Å². The second-order valence-electron chi connectivity index (χ2n) is 2.66. The molecule has 1 heterocycles. The third kappa shape index (κ3) is 3.08. The van der Waals surface area contributed by atoms with Crippen LogP contribution in [0.25, 0.3) is 0 Å². The molecule has 0 N–H and O–H groups in total. The van der Waals surface area contributed by atoms with E-state index in [4.69, 9.17) is 4.74 Å². The van der Waals surface area contributed by atoms with E-state index in [0.717, 1.165) is 11.4 Å². The topological polar surface area (TPSA) is 48.4 Å². The normalized spacial score (nSPS) is 10.1. The molecular weight excluding hydrogens is 202 g/mol. The molecule has 0 saturated carbocycles. The lowest BCUT2D eigenvalue weighted by atomic mass is 10.5. The Kier molecular flexibility index (Phi) is 4.55. The fraction of sp³-hybridized carbons (Fsp3) is 0.556. The molecule has 14 heavy (non-hydrogen) atoms. The van der Waals surface area contributed by atoms with Gasteiger partial charge in [0.15, 0.2) is 0 Å². The summed E-state index contributed by atoms with van der Waals surface area (Å²) in [6.45, 7) is 3.23. The minimum Gasteiger partial charge on any atom is -0.465 e. The zero-order valence-corrected chi connectivity index (χ0v) is 9.10. The number of hydrogen-bond acceptors (Lipinski definition) is 5. The summed E-state index contributed by atoms with van der Waals surface area (Å²) in [6.07, 6.45) is 2.50. The van der Waals surface area contributed by atoms with E-state index in [0.29, 0.717) is 18.1 Å². The van der Waals surface area contributed by atoms with E-state index in [2.05, 4.69) is 9.72 Å². The molecule has 0 atom stereocenters. The van der Waals surface area contributed by atoms with Gasteiger partial charge in [-0.3, -0.25) is 0 Å². The zero-order valence-electron chi connectivity index (χ0n) is 8.28. The van der Waals surface area contributed by atoms with Crippen LogP contribution in [0.2, 0.25) is 0 Å². The van der Waals surface area contributed by atoms with Crippen LogP contribution in [0.1, 0.15) is 28.0 Å². The third-order valence-corrected chi connectivity index (χ3v) is 2.47. The summed E-state index contributed by atoms with van der Waals surface area (Å²) >= 11 is 1.31. The van der Waals surface area contributed by atoms with Gasteiger partial charge < -0.3 is 9.47 Å². The van der Waals surface area contributed by atoms with Crippen molar-refractivity contribution in [2.45, 2.75) is 20.0 Å². The van der Waals surface area contributed by atoms with Crippen molar-refractivity contribution in [3.8, 4) is 0 Å². The van der Waals surface area contributed by atoms with Crippen LogP contribution in [0.5, 0.6) is 0 Å². The summed E-state index contributed by atoms with van der Waals surface area (Å²) in [7, 11) is 1.36. The van der Waals surface area contributed by atoms with Gasteiger partial charge in [0.25, 0.3) is 0 Å². The number of rotatable bonds is 5. The Labute approximate surface area is 86.9 Å². The molecule has 5 heteroatoms. The van der Waals surface area contributed by atoms with Crippen molar-refractivity contribution in [3.05, 3.63) is 16.1 Å². The highest BCUT2D eigenvalue weighted by molar-refractivity contribution is 7.13. The standard InChI is InChI=1S/C9H13NO3S/c1-3-4-13-6-8-10-5-7(14-8)9(11)12-2/h5H,3-4,6H2,1-2H3. The maximum Gasteiger partial charge on any atom is 0.349 e. The molecule has 4 nitrogen and oxygen atoms in total. The summed E-state index contributed by atoms with van der Waals surface area (Å²) in [5, 5.41) is 0.804. The minimum atomic E-state index is -0.343. The summed E-state index contributed by atoms with van der Waals surface area (Å²) in [6, 6.07) is 0. The Morgan fingerprint density at radius 1 is 1.64 bits per heavy atom. The number of ether oxygens (including phenoxy) is 2. The first kappa shape index (κ1) is 11.1. The fourth-order valence-corrected chi connectivity index (χ4v) is 1.65. The van der Waals surface area contributed by atoms with Gasteiger partial charge in [0.05, 0.1) is 19.9 Å².